The van der Waals surface area contributed by atoms with Gasteiger partial charge in [0, 0.05) is 6.04 Å². The molecule has 0 heterocycles. The number of hydrogen-bond donors (Lipinski definition) is 2. The quantitative estimate of drug-likeness (QED) is 0.809. The van der Waals surface area contributed by atoms with E-state index in [0.717, 1.165) is 32.1 Å². The van der Waals surface area contributed by atoms with Crippen molar-refractivity contribution in [2.45, 2.75) is 78.3 Å². The van der Waals surface area contributed by atoms with Gasteiger partial charge >= 0.3 is 5.97 Å². The van der Waals surface area contributed by atoms with Crippen molar-refractivity contribution < 1.29 is 9.90 Å². The molecule has 0 amide bonds. The Balaban J connectivity index is 2.72. The van der Waals surface area contributed by atoms with Gasteiger partial charge in [-0.3, -0.25) is 10.1 Å². The summed E-state index contributed by atoms with van der Waals surface area (Å²) in [5, 5.41) is 12.9. The molecule has 1 saturated carbocycles. The van der Waals surface area contributed by atoms with Crippen LogP contribution in [0.3, 0.4) is 0 Å². The fraction of sp³-hybridized carbons (Fsp3) is 0.933. The maximum absolute atomic E-state index is 11.6. The Morgan fingerprint density at radius 3 is 2.22 bits per heavy atom. The molecule has 1 aliphatic rings. The largest absolute Gasteiger partial charge is 0.480 e. The molecule has 0 aromatic heterocycles. The maximum Gasteiger partial charge on any atom is 0.323 e. The van der Waals surface area contributed by atoms with Crippen molar-refractivity contribution in [3.8, 4) is 0 Å². The van der Waals surface area contributed by atoms with Gasteiger partial charge in [0.15, 0.2) is 0 Å². The smallest absolute Gasteiger partial charge is 0.323 e. The zero-order chi connectivity index (χ0) is 14.0. The number of hydrogen-bond acceptors (Lipinski definition) is 2. The third kappa shape index (κ3) is 3.47. The predicted molar refractivity (Wildman–Crippen MR) is 74.7 cm³/mol. The number of rotatable bonds is 4. The van der Waals surface area contributed by atoms with Crippen molar-refractivity contribution >= 4 is 5.97 Å². The van der Waals surface area contributed by atoms with Crippen LogP contribution < -0.4 is 5.32 Å². The summed E-state index contributed by atoms with van der Waals surface area (Å²) in [4.78, 5) is 11.6. The average Bonchev–Trinajstić information content (AvgIpc) is 2.28. The Hall–Kier alpha value is -0.570. The number of carboxylic acid groups (broad SMARTS) is 1. The van der Waals surface area contributed by atoms with Crippen molar-refractivity contribution in [3.63, 3.8) is 0 Å². The van der Waals surface area contributed by atoms with Crippen LogP contribution in [0.1, 0.15) is 66.7 Å². The van der Waals surface area contributed by atoms with Gasteiger partial charge in [-0.05, 0) is 50.4 Å². The minimum Gasteiger partial charge on any atom is -0.480 e. The van der Waals surface area contributed by atoms with Crippen LogP contribution in [-0.4, -0.2) is 22.7 Å². The summed E-state index contributed by atoms with van der Waals surface area (Å²) in [5.74, 6) is -0.0288. The molecule has 0 bridgehead atoms. The normalized spacial score (nSPS) is 31.1. The highest BCUT2D eigenvalue weighted by Gasteiger charge is 2.44. The molecule has 0 saturated heterocycles. The molecule has 1 fully saturated rings. The molecule has 0 spiro atoms. The third-order valence-corrected chi connectivity index (χ3v) is 4.61. The lowest BCUT2D eigenvalue weighted by molar-refractivity contribution is -0.147. The van der Waals surface area contributed by atoms with E-state index in [-0.39, 0.29) is 6.04 Å². The molecule has 1 atom stereocenters. The van der Waals surface area contributed by atoms with E-state index in [1.54, 1.807) is 0 Å². The molecule has 2 N–H and O–H groups in total. The van der Waals surface area contributed by atoms with Crippen LogP contribution >= 0.6 is 0 Å². The van der Waals surface area contributed by atoms with Gasteiger partial charge in [-0.1, -0.05) is 27.7 Å². The summed E-state index contributed by atoms with van der Waals surface area (Å²) >= 11 is 0. The topological polar surface area (TPSA) is 49.3 Å². The molecular formula is C15H29NO2. The summed E-state index contributed by atoms with van der Waals surface area (Å²) in [7, 11) is 0. The van der Waals surface area contributed by atoms with Gasteiger partial charge in [-0.15, -0.1) is 0 Å². The Bertz CT molecular complexity index is 285. The minimum absolute atomic E-state index is 0.271. The minimum atomic E-state index is -0.683. The van der Waals surface area contributed by atoms with E-state index >= 15 is 0 Å². The van der Waals surface area contributed by atoms with Crippen LogP contribution in [0.25, 0.3) is 0 Å². The van der Waals surface area contributed by atoms with E-state index in [1.165, 1.54) is 0 Å². The highest BCUT2D eigenvalue weighted by atomic mass is 16.4. The van der Waals surface area contributed by atoms with E-state index in [1.807, 2.05) is 0 Å². The van der Waals surface area contributed by atoms with Crippen LogP contribution in [0.5, 0.6) is 0 Å². The van der Waals surface area contributed by atoms with E-state index in [4.69, 9.17) is 0 Å². The molecule has 1 rings (SSSR count). The third-order valence-electron chi connectivity index (χ3n) is 4.61. The molecule has 1 aliphatic carbocycles. The standard InChI is InChI=1S/C15H29NO2/c1-6-11(2)16-15(13(17)18)9-7-12(8-10-15)14(3,4)5/h11-12,16H,6-10H2,1-5H3,(H,17,18). The lowest BCUT2D eigenvalue weighted by Crippen LogP contribution is -2.57. The van der Waals surface area contributed by atoms with Crippen LogP contribution in [0, 0.1) is 11.3 Å². The Kier molecular flexibility index (Phi) is 4.82. The monoisotopic (exact) mass is 255 g/mol. The number of aliphatic carboxylic acids is 1. The fourth-order valence-corrected chi connectivity index (χ4v) is 2.97. The van der Waals surface area contributed by atoms with Crippen molar-refractivity contribution in [2.24, 2.45) is 11.3 Å². The van der Waals surface area contributed by atoms with E-state index in [9.17, 15) is 9.90 Å². The summed E-state index contributed by atoms with van der Waals surface area (Å²) in [6, 6.07) is 0.271. The zero-order valence-corrected chi connectivity index (χ0v) is 12.5. The highest BCUT2D eigenvalue weighted by Crippen LogP contribution is 2.41. The second-order valence-corrected chi connectivity index (χ2v) is 6.98. The average molecular weight is 255 g/mol. The van der Waals surface area contributed by atoms with Gasteiger partial charge in [-0.2, -0.15) is 0 Å². The first-order valence-electron chi connectivity index (χ1n) is 7.22. The van der Waals surface area contributed by atoms with Crippen LogP contribution in [0.2, 0.25) is 0 Å². The molecule has 0 aromatic rings. The lowest BCUT2D eigenvalue weighted by Gasteiger charge is -2.43. The molecule has 3 nitrogen and oxygen atoms in total. The Morgan fingerprint density at radius 2 is 1.89 bits per heavy atom. The van der Waals surface area contributed by atoms with E-state index in [0.29, 0.717) is 11.3 Å². The van der Waals surface area contributed by atoms with Gasteiger partial charge < -0.3 is 5.11 Å². The van der Waals surface area contributed by atoms with Crippen LogP contribution in [0.15, 0.2) is 0 Å². The summed E-state index contributed by atoms with van der Waals surface area (Å²) in [6.07, 6.45) is 4.51. The Labute approximate surface area is 111 Å². The molecular weight excluding hydrogens is 226 g/mol. The molecule has 0 aliphatic heterocycles. The molecule has 3 heteroatoms. The summed E-state index contributed by atoms with van der Waals surface area (Å²) in [5.41, 5.74) is -0.391. The number of nitrogens with one attached hydrogen (secondary N) is 1. The predicted octanol–water partition coefficient (Wildman–Crippen LogP) is 3.43. The first-order valence-corrected chi connectivity index (χ1v) is 7.22. The second kappa shape index (κ2) is 5.60. The van der Waals surface area contributed by atoms with E-state index < -0.39 is 11.5 Å². The maximum atomic E-state index is 11.6. The van der Waals surface area contributed by atoms with Crippen LogP contribution in [0.4, 0.5) is 0 Å². The molecule has 0 aromatic carbocycles. The number of carbonyl (C=O) groups is 1. The van der Waals surface area contributed by atoms with Gasteiger partial charge in [0.1, 0.15) is 5.54 Å². The fourth-order valence-electron chi connectivity index (χ4n) is 2.97. The number of carboxylic acids is 1. The van der Waals surface area contributed by atoms with Crippen molar-refractivity contribution in [1.29, 1.82) is 0 Å². The van der Waals surface area contributed by atoms with Crippen molar-refractivity contribution in [1.82, 2.24) is 5.32 Å². The first kappa shape index (κ1) is 15.5. The summed E-state index contributed by atoms with van der Waals surface area (Å²) in [6.45, 7) is 10.9. The van der Waals surface area contributed by atoms with Gasteiger partial charge in [0.25, 0.3) is 0 Å². The molecule has 18 heavy (non-hydrogen) atoms. The van der Waals surface area contributed by atoms with Crippen molar-refractivity contribution in [2.75, 3.05) is 0 Å². The van der Waals surface area contributed by atoms with Gasteiger partial charge in [0.2, 0.25) is 0 Å². The van der Waals surface area contributed by atoms with Gasteiger partial charge in [-0.25, -0.2) is 0 Å². The first-order chi connectivity index (χ1) is 8.21. The summed E-state index contributed by atoms with van der Waals surface area (Å²) < 4.78 is 0. The van der Waals surface area contributed by atoms with Crippen LogP contribution in [-0.2, 0) is 4.79 Å². The molecule has 106 valence electrons. The molecule has 0 radical (unpaired) electrons. The SMILES string of the molecule is CCC(C)NC1(C(=O)O)CCC(C(C)(C)C)CC1. The lowest BCUT2D eigenvalue weighted by atomic mass is 9.67. The van der Waals surface area contributed by atoms with Gasteiger partial charge in [0.05, 0.1) is 0 Å². The zero-order valence-electron chi connectivity index (χ0n) is 12.5. The second-order valence-electron chi connectivity index (χ2n) is 6.98. The Morgan fingerprint density at radius 1 is 1.39 bits per heavy atom. The molecule has 1 unspecified atom stereocenters. The van der Waals surface area contributed by atoms with E-state index in [2.05, 4.69) is 39.9 Å². The van der Waals surface area contributed by atoms with Crippen molar-refractivity contribution in [3.05, 3.63) is 0 Å². The highest BCUT2D eigenvalue weighted by molar-refractivity contribution is 5.79.